The van der Waals surface area contributed by atoms with Crippen LogP contribution in [-0.2, 0) is 0 Å². The molecule has 208 valence electrons. The van der Waals surface area contributed by atoms with E-state index in [1.54, 1.807) is 0 Å². The van der Waals surface area contributed by atoms with Gasteiger partial charge in [-0.15, -0.1) is 0 Å². The van der Waals surface area contributed by atoms with Crippen molar-refractivity contribution in [1.82, 2.24) is 0 Å². The molecule has 2 aromatic carbocycles. The minimum Gasteiger partial charge on any atom is -0.378 e. The molecule has 4 rings (SSSR count). The van der Waals surface area contributed by atoms with Crippen molar-refractivity contribution in [2.75, 3.05) is 45.1 Å². The molecule has 0 saturated carbocycles. The van der Waals surface area contributed by atoms with Gasteiger partial charge in [-0.1, -0.05) is 107 Å². The van der Waals surface area contributed by atoms with E-state index < -0.39 is 0 Å². The highest BCUT2D eigenvalue weighted by atomic mass is 28.2. The summed E-state index contributed by atoms with van der Waals surface area (Å²) < 4.78 is 5.09. The Hall–Kier alpha value is -2.14. The predicted octanol–water partition coefficient (Wildman–Crippen LogP) is 8.34. The Morgan fingerprint density at radius 3 is 1.05 bits per heavy atom. The van der Waals surface area contributed by atoms with Crippen LogP contribution < -0.4 is 18.9 Å². The fourth-order valence-corrected chi connectivity index (χ4v) is 6.70. The summed E-state index contributed by atoms with van der Waals surface area (Å²) in [6, 6.07) is 17.4. The molecule has 0 bridgehead atoms. The Kier molecular flexibility index (Phi) is 8.92. The molecule has 0 fully saturated rings. The van der Waals surface area contributed by atoms with E-state index in [0.29, 0.717) is 10.8 Å². The van der Waals surface area contributed by atoms with Gasteiger partial charge in [0.25, 0.3) is 0 Å². The number of benzene rings is 2. The van der Waals surface area contributed by atoms with Crippen LogP contribution >= 0.6 is 0 Å². The van der Waals surface area contributed by atoms with Crippen LogP contribution in [0.15, 0.2) is 48.5 Å². The molecule has 0 aromatic heterocycles. The second kappa shape index (κ2) is 11.2. The van der Waals surface area contributed by atoms with Crippen molar-refractivity contribution in [3.8, 4) is 0 Å². The molecule has 0 unspecified atom stereocenters. The summed E-state index contributed by atoms with van der Waals surface area (Å²) in [6.07, 6.45) is 0. The molecule has 2 aromatic rings. The topological polar surface area (TPSA) is 13.0 Å². The molecular weight excluding hydrogens is 480 g/mol. The normalized spacial score (nSPS) is 15.9. The molecule has 38 heavy (non-hydrogen) atoms. The first-order valence-electron chi connectivity index (χ1n) is 14.1. The van der Waals surface area contributed by atoms with Gasteiger partial charge in [-0.25, -0.2) is 0 Å². The summed E-state index contributed by atoms with van der Waals surface area (Å²) in [5.41, 5.74) is 6.55. The fourth-order valence-electron chi connectivity index (χ4n) is 4.73. The Labute approximate surface area is 237 Å². The van der Waals surface area contributed by atoms with Crippen molar-refractivity contribution >= 4 is 32.6 Å². The molecule has 0 spiro atoms. The quantitative estimate of drug-likeness (QED) is 0.367. The third-order valence-corrected chi connectivity index (χ3v) is 7.22. The molecule has 0 amide bonds. The Bertz CT molecular complexity index is 885. The molecule has 0 atom stereocenters. The first kappa shape index (κ1) is 30.4. The molecule has 4 nitrogen and oxygen atoms in total. The highest BCUT2D eigenvalue weighted by Gasteiger charge is 2.33. The van der Waals surface area contributed by atoms with Crippen LogP contribution in [0.25, 0.3) is 0 Å². The van der Waals surface area contributed by atoms with Crippen molar-refractivity contribution in [3.05, 3.63) is 55.2 Å². The van der Waals surface area contributed by atoms with Crippen LogP contribution in [0.2, 0.25) is 0 Å². The maximum absolute atomic E-state index is 3.54. The average molecular weight is 533 g/mol. The molecule has 4 radical (unpaired) electrons. The zero-order valence-electron chi connectivity index (χ0n) is 26.2. The largest absolute Gasteiger partial charge is 0.378 e. The van der Waals surface area contributed by atoms with E-state index in [9.17, 15) is 0 Å². The molecule has 0 N–H and O–H groups in total. The van der Waals surface area contributed by atoms with Crippen LogP contribution in [0, 0.1) is 28.3 Å². The number of rotatable bonds is 4. The van der Waals surface area contributed by atoms with Crippen LogP contribution in [0.5, 0.6) is 0 Å². The van der Waals surface area contributed by atoms with Gasteiger partial charge < -0.3 is 18.9 Å². The van der Waals surface area contributed by atoms with Gasteiger partial charge in [0, 0.05) is 26.2 Å². The van der Waals surface area contributed by atoms with Gasteiger partial charge in [0.15, 0.2) is 0 Å². The van der Waals surface area contributed by atoms with Gasteiger partial charge in [0.05, 0.1) is 22.7 Å². The highest BCUT2D eigenvalue weighted by molar-refractivity contribution is 6.51. The number of hydrogen-bond acceptors (Lipinski definition) is 4. The summed E-state index contributed by atoms with van der Waals surface area (Å²) in [5.74, 6) is 0. The van der Waals surface area contributed by atoms with E-state index in [2.05, 4.69) is 157 Å². The molecule has 0 saturated heterocycles. The number of anilines is 4. The maximum Gasteiger partial charge on any atom is 0.332 e. The van der Waals surface area contributed by atoms with E-state index in [-0.39, 0.29) is 10.8 Å². The van der Waals surface area contributed by atoms with Gasteiger partial charge in [-0.3, -0.25) is 0 Å². The Balaban J connectivity index is 0.000000211. The van der Waals surface area contributed by atoms with E-state index >= 15 is 0 Å². The number of nitrogens with zero attached hydrogens (tertiary/aromatic N) is 4. The third kappa shape index (κ3) is 8.96. The number of para-hydroxylation sites is 4. The van der Waals surface area contributed by atoms with Crippen LogP contribution in [0.1, 0.15) is 83.1 Å². The molecule has 5 heteroatoms. The zero-order valence-corrected chi connectivity index (χ0v) is 27.2. The fraction of sp³-hybridized carbons (Fsp3) is 0.606. The first-order chi connectivity index (χ1) is 17.3. The van der Waals surface area contributed by atoms with Gasteiger partial charge in [0.1, 0.15) is 0 Å². The second-order valence-electron chi connectivity index (χ2n) is 15.8. The van der Waals surface area contributed by atoms with Crippen LogP contribution in [0.4, 0.5) is 22.7 Å². The van der Waals surface area contributed by atoms with Crippen molar-refractivity contribution in [3.63, 3.8) is 0 Å². The Morgan fingerprint density at radius 1 is 0.474 bits per heavy atom. The minimum atomic E-state index is 0.262. The molecule has 2 aliphatic rings. The maximum atomic E-state index is 3.54. The lowest BCUT2D eigenvalue weighted by Gasteiger charge is -2.29. The van der Waals surface area contributed by atoms with E-state index in [4.69, 9.17) is 0 Å². The number of fused-ring (bicyclic) bond motifs is 2. The highest BCUT2D eigenvalue weighted by Crippen LogP contribution is 2.41. The van der Waals surface area contributed by atoms with E-state index in [1.165, 1.54) is 22.7 Å². The van der Waals surface area contributed by atoms with Gasteiger partial charge >= 0.3 is 9.84 Å². The minimum absolute atomic E-state index is 0.262. The van der Waals surface area contributed by atoms with E-state index in [1.807, 2.05) is 0 Å². The standard InChI is InChI=1S/C17H26N2.C16H26N2Si/c1-16(2,3)11-18-13-19(12-17(4,5)6)15-10-8-7-9-14(15)18;1-15(2,3)11-17-13-9-7-8-10-14(13)18(19-17)12-16(4,5)6/h2*7-10H,11-12H2,1-6H3. The molecule has 2 aliphatic heterocycles. The van der Waals surface area contributed by atoms with Gasteiger partial charge in [0.2, 0.25) is 6.67 Å². The van der Waals surface area contributed by atoms with Crippen LogP contribution in [-0.4, -0.2) is 36.0 Å². The summed E-state index contributed by atoms with van der Waals surface area (Å²) in [7, 11) is 0.742. The van der Waals surface area contributed by atoms with Crippen molar-refractivity contribution in [1.29, 1.82) is 0 Å². The third-order valence-electron chi connectivity index (χ3n) is 5.94. The SMILES string of the molecule is CC(C)(C)CN1[C]N(CC(C)(C)C)c2ccccc21.CC(C)(C)CN1[Si]N(CC(C)(C)C)c2ccccc21. The summed E-state index contributed by atoms with van der Waals surface area (Å²) in [5, 5.41) is 0. The molecular formula is C33H52N4Si. The second-order valence-corrected chi connectivity index (χ2v) is 17.0. The first-order valence-corrected chi connectivity index (χ1v) is 15.0. The summed E-state index contributed by atoms with van der Waals surface area (Å²) >= 11 is 0. The average Bonchev–Trinajstić information content (AvgIpc) is 3.22. The lowest BCUT2D eigenvalue weighted by Crippen LogP contribution is -2.42. The lowest BCUT2D eigenvalue weighted by atomic mass is 9.96. The van der Waals surface area contributed by atoms with Crippen molar-refractivity contribution in [2.24, 2.45) is 21.7 Å². The molecule has 2 heterocycles. The van der Waals surface area contributed by atoms with Crippen molar-refractivity contribution in [2.45, 2.75) is 83.1 Å². The van der Waals surface area contributed by atoms with Crippen molar-refractivity contribution < 1.29 is 0 Å². The molecule has 0 aliphatic carbocycles. The van der Waals surface area contributed by atoms with Gasteiger partial charge in [-0.2, -0.15) is 0 Å². The number of hydrogen-bond donors (Lipinski definition) is 0. The van der Waals surface area contributed by atoms with Gasteiger partial charge in [-0.05, 0) is 45.9 Å². The zero-order chi connectivity index (χ0) is 28.5. The smallest absolute Gasteiger partial charge is 0.332 e. The Morgan fingerprint density at radius 2 is 0.763 bits per heavy atom. The predicted molar refractivity (Wildman–Crippen MR) is 169 cm³/mol. The monoisotopic (exact) mass is 532 g/mol. The summed E-state index contributed by atoms with van der Waals surface area (Å²) in [4.78, 5) is 4.53. The van der Waals surface area contributed by atoms with E-state index in [0.717, 1.165) is 36.0 Å². The lowest BCUT2D eigenvalue weighted by molar-refractivity contribution is 0.406. The summed E-state index contributed by atoms with van der Waals surface area (Å²) in [6.45, 7) is 35.2. The van der Waals surface area contributed by atoms with Crippen LogP contribution in [0.3, 0.4) is 0 Å².